The van der Waals surface area contributed by atoms with Gasteiger partial charge in [0.05, 0.1) is 12.8 Å². The topological polar surface area (TPSA) is 85.7 Å². The van der Waals surface area contributed by atoms with Gasteiger partial charge in [0, 0.05) is 12.1 Å². The molecule has 0 saturated heterocycles. The molecule has 7 heteroatoms. The van der Waals surface area contributed by atoms with Crippen LogP contribution < -0.4 is 15.8 Å². The van der Waals surface area contributed by atoms with Crippen LogP contribution in [-0.4, -0.2) is 18.1 Å². The van der Waals surface area contributed by atoms with Gasteiger partial charge >= 0.3 is 0 Å². The van der Waals surface area contributed by atoms with Gasteiger partial charge in [0.1, 0.15) is 18.1 Å². The minimum Gasteiger partial charge on any atom is -0.497 e. The van der Waals surface area contributed by atoms with Crippen molar-refractivity contribution in [2.75, 3.05) is 12.4 Å². The summed E-state index contributed by atoms with van der Waals surface area (Å²) >= 11 is 0. The Hall–Kier alpha value is -1.77. The molecule has 120 valence electrons. The Balaban J connectivity index is 0.00000242. The maximum atomic E-state index is 5.86. The van der Waals surface area contributed by atoms with Crippen LogP contribution in [0.5, 0.6) is 5.75 Å². The van der Waals surface area contributed by atoms with Crippen molar-refractivity contribution >= 4 is 35.6 Å². The molecule has 0 unspecified atom stereocenters. The number of hydrogen-bond acceptors (Lipinski definition) is 4. The molecule has 0 aliphatic carbocycles. The van der Waals surface area contributed by atoms with Crippen LogP contribution in [0, 0.1) is 6.92 Å². The number of anilines is 1. The molecule has 0 saturated carbocycles. The van der Waals surface area contributed by atoms with E-state index in [9.17, 15) is 0 Å². The van der Waals surface area contributed by atoms with Gasteiger partial charge in [0.25, 0.3) is 0 Å². The van der Waals surface area contributed by atoms with E-state index in [0.29, 0.717) is 12.5 Å². The van der Waals surface area contributed by atoms with Gasteiger partial charge in [-0.2, -0.15) is 0 Å². The summed E-state index contributed by atoms with van der Waals surface area (Å²) in [5.74, 6) is 2.58. The zero-order chi connectivity index (χ0) is 15.2. The predicted octanol–water partition coefficient (Wildman–Crippen LogP) is 3.10. The summed E-state index contributed by atoms with van der Waals surface area (Å²) in [5, 5.41) is 3.01. The monoisotopic (exact) mass is 416 g/mol. The van der Waals surface area contributed by atoms with Crippen LogP contribution in [0.2, 0.25) is 0 Å². The van der Waals surface area contributed by atoms with Crippen LogP contribution in [0.1, 0.15) is 24.3 Å². The fourth-order valence-corrected chi connectivity index (χ4v) is 1.80. The third kappa shape index (κ3) is 4.90. The molecule has 6 nitrogen and oxygen atoms in total. The van der Waals surface area contributed by atoms with Gasteiger partial charge in [0.2, 0.25) is 0 Å². The van der Waals surface area contributed by atoms with Crippen molar-refractivity contribution in [1.29, 1.82) is 0 Å². The van der Waals surface area contributed by atoms with Crippen LogP contribution in [0.3, 0.4) is 0 Å². The zero-order valence-electron chi connectivity index (χ0n) is 12.9. The lowest BCUT2D eigenvalue weighted by molar-refractivity contribution is 0.415. The highest BCUT2D eigenvalue weighted by Gasteiger charge is 2.07. The van der Waals surface area contributed by atoms with Gasteiger partial charge < -0.3 is 20.2 Å². The maximum absolute atomic E-state index is 5.86. The number of halogens is 1. The lowest BCUT2D eigenvalue weighted by atomic mass is 10.3. The second-order valence-electron chi connectivity index (χ2n) is 4.52. The molecule has 0 aliphatic heterocycles. The molecule has 22 heavy (non-hydrogen) atoms. The number of benzene rings is 1. The molecule has 3 N–H and O–H groups in total. The number of oxazole rings is 1. The molecule has 1 aromatic heterocycles. The molecule has 0 radical (unpaired) electrons. The molecule has 1 aromatic carbocycles. The number of aliphatic imine (C=N–C) groups is 1. The summed E-state index contributed by atoms with van der Waals surface area (Å²) in [5.41, 5.74) is 7.56. The second-order valence-corrected chi connectivity index (χ2v) is 4.52. The molecule has 0 fully saturated rings. The Morgan fingerprint density at radius 1 is 1.36 bits per heavy atom. The number of aryl methyl sites for hydroxylation is 2. The number of nitrogens with two attached hydrogens (primary N) is 1. The van der Waals surface area contributed by atoms with E-state index in [1.54, 1.807) is 7.11 Å². The van der Waals surface area contributed by atoms with E-state index >= 15 is 0 Å². The highest BCUT2D eigenvalue weighted by molar-refractivity contribution is 14.0. The van der Waals surface area contributed by atoms with Gasteiger partial charge in [-0.3, -0.25) is 0 Å². The Morgan fingerprint density at radius 3 is 2.59 bits per heavy atom. The first-order valence-corrected chi connectivity index (χ1v) is 6.78. The van der Waals surface area contributed by atoms with Gasteiger partial charge in [-0.25, -0.2) is 9.98 Å². The molecule has 0 aliphatic rings. The fourth-order valence-electron chi connectivity index (χ4n) is 1.80. The van der Waals surface area contributed by atoms with E-state index in [4.69, 9.17) is 14.9 Å². The van der Waals surface area contributed by atoms with Crippen molar-refractivity contribution in [3.63, 3.8) is 0 Å². The van der Waals surface area contributed by atoms with Crippen molar-refractivity contribution in [3.05, 3.63) is 41.6 Å². The van der Waals surface area contributed by atoms with Crippen LogP contribution in [-0.2, 0) is 13.0 Å². The maximum Gasteiger partial charge on any atom is 0.194 e. The standard InChI is InChI=1S/C15H20N4O2.HI/c1-4-14-18-10(2)13(21-14)9-17-15(16)19-11-5-7-12(20-3)8-6-11;/h5-8H,4,9H2,1-3H3,(H3,16,17,19);1H. The third-order valence-electron chi connectivity index (χ3n) is 2.99. The Morgan fingerprint density at radius 2 is 2.05 bits per heavy atom. The number of ether oxygens (including phenoxy) is 1. The molecular formula is C15H21IN4O2. The van der Waals surface area contributed by atoms with Gasteiger partial charge in [-0.15, -0.1) is 24.0 Å². The first-order chi connectivity index (χ1) is 10.1. The molecular weight excluding hydrogens is 395 g/mol. The highest BCUT2D eigenvalue weighted by Crippen LogP contribution is 2.15. The average Bonchev–Trinajstić information content (AvgIpc) is 2.86. The van der Waals surface area contributed by atoms with E-state index in [2.05, 4.69) is 15.3 Å². The lowest BCUT2D eigenvalue weighted by Gasteiger charge is -2.06. The zero-order valence-corrected chi connectivity index (χ0v) is 15.3. The number of nitrogens with one attached hydrogen (secondary N) is 1. The Bertz CT molecular complexity index is 623. The van der Waals surface area contributed by atoms with Crippen molar-refractivity contribution in [1.82, 2.24) is 4.98 Å². The molecule has 0 bridgehead atoms. The molecule has 0 atom stereocenters. The smallest absolute Gasteiger partial charge is 0.194 e. The van der Waals surface area contributed by atoms with Crippen molar-refractivity contribution in [2.45, 2.75) is 26.8 Å². The van der Waals surface area contributed by atoms with Gasteiger partial charge in [-0.05, 0) is 31.2 Å². The predicted molar refractivity (Wildman–Crippen MR) is 98.0 cm³/mol. The Kier molecular flexibility index (Phi) is 7.16. The SMILES string of the molecule is CCc1nc(C)c(CN=C(N)Nc2ccc(OC)cc2)o1.I. The lowest BCUT2D eigenvalue weighted by Crippen LogP contribution is -2.22. The number of methoxy groups -OCH3 is 1. The van der Waals surface area contributed by atoms with Crippen molar-refractivity contribution in [3.8, 4) is 5.75 Å². The van der Waals surface area contributed by atoms with E-state index in [1.165, 1.54) is 0 Å². The van der Waals surface area contributed by atoms with Gasteiger partial charge in [-0.1, -0.05) is 6.92 Å². The van der Waals surface area contributed by atoms with Crippen LogP contribution in [0.15, 0.2) is 33.7 Å². The summed E-state index contributed by atoms with van der Waals surface area (Å²) in [7, 11) is 1.63. The largest absolute Gasteiger partial charge is 0.497 e. The van der Waals surface area contributed by atoms with E-state index in [0.717, 1.165) is 35.2 Å². The van der Waals surface area contributed by atoms with E-state index in [1.807, 2.05) is 38.1 Å². The fraction of sp³-hybridized carbons (Fsp3) is 0.333. The molecule has 1 heterocycles. The van der Waals surface area contributed by atoms with Crippen LogP contribution >= 0.6 is 24.0 Å². The summed E-state index contributed by atoms with van der Waals surface area (Å²) in [6, 6.07) is 7.44. The number of aromatic nitrogens is 1. The summed E-state index contributed by atoms with van der Waals surface area (Å²) in [6.45, 7) is 4.27. The quantitative estimate of drug-likeness (QED) is 0.445. The minimum absolute atomic E-state index is 0. The summed E-state index contributed by atoms with van der Waals surface area (Å²) < 4.78 is 10.7. The number of rotatable bonds is 5. The number of guanidine groups is 1. The summed E-state index contributed by atoms with van der Waals surface area (Å²) in [4.78, 5) is 8.56. The van der Waals surface area contributed by atoms with Crippen LogP contribution in [0.4, 0.5) is 5.69 Å². The minimum atomic E-state index is 0. The molecule has 2 rings (SSSR count). The van der Waals surface area contributed by atoms with E-state index < -0.39 is 0 Å². The molecule has 0 amide bonds. The second kappa shape index (κ2) is 8.62. The van der Waals surface area contributed by atoms with E-state index in [-0.39, 0.29) is 24.0 Å². The van der Waals surface area contributed by atoms with Crippen molar-refractivity contribution in [2.24, 2.45) is 10.7 Å². The molecule has 2 aromatic rings. The highest BCUT2D eigenvalue weighted by atomic mass is 127. The van der Waals surface area contributed by atoms with Gasteiger partial charge in [0.15, 0.2) is 11.9 Å². The Labute approximate surface area is 147 Å². The average molecular weight is 416 g/mol. The first-order valence-electron chi connectivity index (χ1n) is 6.78. The number of nitrogens with zero attached hydrogens (tertiary/aromatic N) is 2. The van der Waals surface area contributed by atoms with Crippen LogP contribution in [0.25, 0.3) is 0 Å². The molecule has 0 spiro atoms. The summed E-state index contributed by atoms with van der Waals surface area (Å²) in [6.07, 6.45) is 0.768. The first kappa shape index (κ1) is 18.3. The number of hydrogen-bond donors (Lipinski definition) is 2. The third-order valence-corrected chi connectivity index (χ3v) is 2.99. The normalized spacial score (nSPS) is 11.0. The van der Waals surface area contributed by atoms with Crippen molar-refractivity contribution < 1.29 is 9.15 Å².